The molecule has 0 aliphatic carbocycles. The number of hydrogen-bond donors (Lipinski definition) is 1. The van der Waals surface area contributed by atoms with E-state index in [-0.39, 0.29) is 0 Å². The predicted octanol–water partition coefficient (Wildman–Crippen LogP) is 4.10. The molecule has 0 bridgehead atoms. The largest absolute Gasteiger partial charge is 0.332 e. The maximum absolute atomic E-state index is 12.7. The van der Waals surface area contributed by atoms with Gasteiger partial charge in [-0.3, -0.25) is 19.4 Å². The molecule has 4 amide bonds. The van der Waals surface area contributed by atoms with Crippen molar-refractivity contribution < 1.29 is 14.4 Å². The second kappa shape index (κ2) is 7.58. The summed E-state index contributed by atoms with van der Waals surface area (Å²) in [4.78, 5) is 39.9. The van der Waals surface area contributed by atoms with Crippen LogP contribution in [-0.2, 0) is 9.59 Å². The van der Waals surface area contributed by atoms with Gasteiger partial charge in [0.1, 0.15) is 12.6 Å². The Bertz CT molecular complexity index is 915. The van der Waals surface area contributed by atoms with Crippen molar-refractivity contribution in [3.8, 4) is 0 Å². The number of carbonyl (C=O) groups excluding carboxylic acids is 3. The molecule has 1 N–H and O–H groups in total. The van der Waals surface area contributed by atoms with Crippen molar-refractivity contribution in [1.29, 1.82) is 0 Å². The third kappa shape index (κ3) is 3.91. The second-order valence-corrected chi connectivity index (χ2v) is 7.10. The molecule has 2 aromatic rings. The number of rotatable bonds is 4. The molecule has 6 nitrogen and oxygen atoms in total. The molecule has 1 heterocycles. The van der Waals surface area contributed by atoms with E-state index in [1.807, 2.05) is 19.1 Å². The van der Waals surface area contributed by atoms with E-state index in [0.717, 1.165) is 10.5 Å². The zero-order chi connectivity index (χ0) is 19.7. The van der Waals surface area contributed by atoms with E-state index in [1.54, 1.807) is 31.2 Å². The Kier molecular flexibility index (Phi) is 5.39. The quantitative estimate of drug-likeness (QED) is 0.778. The Morgan fingerprint density at radius 2 is 1.78 bits per heavy atom. The van der Waals surface area contributed by atoms with Crippen LogP contribution in [0.15, 0.2) is 42.5 Å². The van der Waals surface area contributed by atoms with Crippen LogP contribution in [0.2, 0.25) is 10.0 Å². The highest BCUT2D eigenvalue weighted by atomic mass is 35.5. The van der Waals surface area contributed by atoms with Crippen LogP contribution in [0.5, 0.6) is 0 Å². The van der Waals surface area contributed by atoms with Gasteiger partial charge in [0, 0.05) is 10.7 Å². The number of urea groups is 1. The zero-order valence-electron chi connectivity index (χ0n) is 14.7. The van der Waals surface area contributed by atoms with Gasteiger partial charge in [-0.15, -0.1) is 0 Å². The average Bonchev–Trinajstić information content (AvgIpc) is 2.83. The number of halogens is 2. The first-order valence-corrected chi connectivity index (χ1v) is 8.99. The van der Waals surface area contributed by atoms with Crippen LogP contribution in [0, 0.1) is 6.92 Å². The molecule has 0 saturated carbocycles. The number of carbonyl (C=O) groups is 3. The molecule has 1 unspecified atom stereocenters. The third-order valence-corrected chi connectivity index (χ3v) is 4.83. The topological polar surface area (TPSA) is 69.7 Å². The van der Waals surface area contributed by atoms with E-state index in [1.165, 1.54) is 11.0 Å². The molecular weight excluding hydrogens is 389 g/mol. The second-order valence-electron chi connectivity index (χ2n) is 6.26. The molecule has 1 saturated heterocycles. The van der Waals surface area contributed by atoms with Gasteiger partial charge in [-0.1, -0.05) is 40.9 Å². The summed E-state index contributed by atoms with van der Waals surface area (Å²) in [7, 11) is 0. The fraction of sp³-hybridized carbons (Fsp3) is 0.211. The number of nitrogens with zero attached hydrogens (tertiary/aromatic N) is 2. The highest BCUT2D eigenvalue weighted by molar-refractivity contribution is 6.35. The number of imide groups is 1. The van der Waals surface area contributed by atoms with Gasteiger partial charge in [0.2, 0.25) is 5.91 Å². The van der Waals surface area contributed by atoms with Crippen molar-refractivity contribution >= 4 is 52.4 Å². The van der Waals surface area contributed by atoms with E-state index >= 15 is 0 Å². The summed E-state index contributed by atoms with van der Waals surface area (Å²) in [6, 6.07) is 10.7. The lowest BCUT2D eigenvalue weighted by molar-refractivity contribution is -0.130. The van der Waals surface area contributed by atoms with Crippen molar-refractivity contribution in [3.63, 3.8) is 0 Å². The van der Waals surface area contributed by atoms with Crippen LogP contribution in [0.1, 0.15) is 12.5 Å². The van der Waals surface area contributed by atoms with Crippen molar-refractivity contribution in [1.82, 2.24) is 4.90 Å². The number of nitrogens with one attached hydrogen (secondary N) is 1. The summed E-state index contributed by atoms with van der Waals surface area (Å²) in [6.45, 7) is 3.15. The number of amides is 4. The third-order valence-electron chi connectivity index (χ3n) is 4.26. The van der Waals surface area contributed by atoms with Gasteiger partial charge in [0.05, 0.1) is 10.7 Å². The smallest absolute Gasteiger partial charge is 0.323 e. The maximum Gasteiger partial charge on any atom is 0.332 e. The molecule has 1 fully saturated rings. The molecule has 1 aliphatic rings. The minimum absolute atomic E-state index is 0.307. The Hall–Kier alpha value is -2.57. The summed E-state index contributed by atoms with van der Waals surface area (Å²) in [6.07, 6.45) is 0. The van der Waals surface area contributed by atoms with Gasteiger partial charge < -0.3 is 5.32 Å². The van der Waals surface area contributed by atoms with E-state index in [0.29, 0.717) is 21.4 Å². The van der Waals surface area contributed by atoms with E-state index in [9.17, 15) is 14.4 Å². The maximum atomic E-state index is 12.7. The first kappa shape index (κ1) is 19.2. The molecule has 0 aromatic heterocycles. The Balaban J connectivity index is 1.75. The average molecular weight is 406 g/mol. The molecule has 0 radical (unpaired) electrons. The van der Waals surface area contributed by atoms with Crippen LogP contribution in [0.25, 0.3) is 0 Å². The summed E-state index contributed by atoms with van der Waals surface area (Å²) in [5.41, 5.74) is 1.96. The number of benzene rings is 2. The van der Waals surface area contributed by atoms with Gasteiger partial charge in [-0.05, 0) is 44.2 Å². The fourth-order valence-electron chi connectivity index (χ4n) is 2.84. The zero-order valence-corrected chi connectivity index (χ0v) is 16.2. The van der Waals surface area contributed by atoms with Crippen molar-refractivity contribution in [2.24, 2.45) is 0 Å². The lowest BCUT2D eigenvalue weighted by Crippen LogP contribution is -2.39. The molecule has 2 aromatic carbocycles. The molecule has 27 heavy (non-hydrogen) atoms. The normalized spacial score (nSPS) is 16.8. The highest BCUT2D eigenvalue weighted by Crippen LogP contribution is 2.27. The summed E-state index contributed by atoms with van der Waals surface area (Å²) in [5, 5.41) is 3.29. The van der Waals surface area contributed by atoms with Crippen molar-refractivity contribution in [3.05, 3.63) is 58.1 Å². The summed E-state index contributed by atoms with van der Waals surface area (Å²) >= 11 is 11.9. The number of aryl methyl sites for hydroxylation is 1. The van der Waals surface area contributed by atoms with E-state index in [4.69, 9.17) is 23.2 Å². The standard InChI is InChI=1S/C19H17Cl2N3O3/c1-11-3-6-14(7-4-11)24-12(2)18(26)23(19(24)27)10-17(25)22-16-9-13(20)5-8-15(16)21/h3-9,12H,10H2,1-2H3,(H,22,25). The Labute approximate surface area is 166 Å². The van der Waals surface area contributed by atoms with Gasteiger partial charge >= 0.3 is 6.03 Å². The summed E-state index contributed by atoms with van der Waals surface area (Å²) in [5.74, 6) is -0.980. The predicted molar refractivity (Wildman–Crippen MR) is 105 cm³/mol. The number of anilines is 2. The van der Waals surface area contributed by atoms with Crippen LogP contribution in [0.4, 0.5) is 16.2 Å². The minimum atomic E-state index is -0.692. The van der Waals surface area contributed by atoms with E-state index in [2.05, 4.69) is 5.32 Å². The van der Waals surface area contributed by atoms with Crippen LogP contribution < -0.4 is 10.2 Å². The van der Waals surface area contributed by atoms with Gasteiger partial charge in [-0.2, -0.15) is 0 Å². The van der Waals surface area contributed by atoms with Crippen molar-refractivity contribution in [2.75, 3.05) is 16.8 Å². The Morgan fingerprint density at radius 3 is 2.44 bits per heavy atom. The molecule has 0 spiro atoms. The van der Waals surface area contributed by atoms with Gasteiger partial charge in [-0.25, -0.2) is 4.79 Å². The van der Waals surface area contributed by atoms with E-state index < -0.39 is 30.4 Å². The van der Waals surface area contributed by atoms with Crippen molar-refractivity contribution in [2.45, 2.75) is 19.9 Å². The van der Waals surface area contributed by atoms with Crippen LogP contribution in [0.3, 0.4) is 0 Å². The fourth-order valence-corrected chi connectivity index (χ4v) is 3.17. The van der Waals surface area contributed by atoms with Crippen LogP contribution in [-0.4, -0.2) is 35.3 Å². The molecular formula is C19H17Cl2N3O3. The monoisotopic (exact) mass is 405 g/mol. The lowest BCUT2D eigenvalue weighted by atomic mass is 10.2. The first-order chi connectivity index (χ1) is 12.8. The molecule has 140 valence electrons. The highest BCUT2D eigenvalue weighted by Gasteiger charge is 2.44. The summed E-state index contributed by atoms with van der Waals surface area (Å²) < 4.78 is 0. The van der Waals surface area contributed by atoms with Gasteiger partial charge in [0.15, 0.2) is 0 Å². The Morgan fingerprint density at radius 1 is 1.11 bits per heavy atom. The lowest BCUT2D eigenvalue weighted by Gasteiger charge is -2.19. The molecule has 1 atom stereocenters. The SMILES string of the molecule is Cc1ccc(N2C(=O)N(CC(=O)Nc3cc(Cl)ccc3Cl)C(=O)C2C)cc1. The minimum Gasteiger partial charge on any atom is -0.323 e. The first-order valence-electron chi connectivity index (χ1n) is 8.24. The molecule has 3 rings (SSSR count). The van der Waals surface area contributed by atoms with Gasteiger partial charge in [0.25, 0.3) is 5.91 Å². The van der Waals surface area contributed by atoms with Crippen LogP contribution >= 0.6 is 23.2 Å². The number of hydrogen-bond acceptors (Lipinski definition) is 3. The molecule has 8 heteroatoms. The molecule has 1 aliphatic heterocycles.